The lowest BCUT2D eigenvalue weighted by Gasteiger charge is -2.20. The molecule has 1 heterocycles. The molecule has 1 fully saturated rings. The molecule has 0 amide bonds. The summed E-state index contributed by atoms with van der Waals surface area (Å²) in [7, 11) is 1.76. The van der Waals surface area contributed by atoms with E-state index in [9.17, 15) is 0 Å². The van der Waals surface area contributed by atoms with Gasteiger partial charge in [-0.3, -0.25) is 0 Å². The van der Waals surface area contributed by atoms with Crippen LogP contribution in [0.5, 0.6) is 5.75 Å². The van der Waals surface area contributed by atoms with E-state index in [1.807, 2.05) is 6.92 Å². The number of nitrogens with two attached hydrogens (primary N) is 1. The van der Waals surface area contributed by atoms with Crippen molar-refractivity contribution in [1.82, 2.24) is 4.37 Å². The summed E-state index contributed by atoms with van der Waals surface area (Å²) in [5.41, 5.74) is 5.77. The minimum Gasteiger partial charge on any atom is -0.487 e. The molecule has 1 aromatic rings. The molecule has 0 bridgehead atoms. The highest BCUT2D eigenvalue weighted by Crippen LogP contribution is 2.37. The van der Waals surface area contributed by atoms with Crippen molar-refractivity contribution >= 4 is 22.4 Å². The lowest BCUT2D eigenvalue weighted by Crippen LogP contribution is -2.29. The quantitative estimate of drug-likeness (QED) is 0.845. The van der Waals surface area contributed by atoms with E-state index < -0.39 is 0 Å². The predicted octanol–water partition coefficient (Wildman–Crippen LogP) is 2.10. The molecule has 5 nitrogen and oxygen atoms in total. The highest BCUT2D eigenvalue weighted by atomic mass is 32.1. The highest BCUT2D eigenvalue weighted by Gasteiger charge is 2.28. The van der Waals surface area contributed by atoms with Crippen LogP contribution in [0.2, 0.25) is 0 Å². The van der Waals surface area contributed by atoms with E-state index >= 15 is 0 Å². The van der Waals surface area contributed by atoms with E-state index in [2.05, 4.69) is 9.69 Å². The van der Waals surface area contributed by atoms with Crippen LogP contribution < -0.4 is 15.8 Å². The van der Waals surface area contributed by atoms with Crippen LogP contribution in [0.25, 0.3) is 0 Å². The number of anilines is 2. The number of nitrogen functional groups attached to an aromatic ring is 1. The van der Waals surface area contributed by atoms with Crippen molar-refractivity contribution in [1.29, 1.82) is 0 Å². The summed E-state index contributed by atoms with van der Waals surface area (Å²) in [5.74, 6) is 1.14. The maximum atomic E-state index is 5.77. The van der Waals surface area contributed by atoms with Crippen molar-refractivity contribution < 1.29 is 9.47 Å². The molecule has 96 valence electrons. The van der Waals surface area contributed by atoms with Crippen LogP contribution in [0.3, 0.4) is 0 Å². The third kappa shape index (κ3) is 2.63. The first-order valence-electron chi connectivity index (χ1n) is 5.93. The lowest BCUT2D eigenvalue weighted by atomic mass is 10.2. The van der Waals surface area contributed by atoms with Crippen molar-refractivity contribution in [2.45, 2.75) is 38.3 Å². The molecule has 1 saturated carbocycles. The van der Waals surface area contributed by atoms with Gasteiger partial charge in [-0.05, 0) is 37.7 Å². The van der Waals surface area contributed by atoms with Gasteiger partial charge in [0.15, 0.2) is 16.6 Å². The Balaban J connectivity index is 2.07. The SMILES string of the molecule is CCOc1c(N)nsc1NC1CCCC1OC. The third-order valence-electron chi connectivity index (χ3n) is 3.03. The molecule has 2 atom stereocenters. The smallest absolute Gasteiger partial charge is 0.197 e. The summed E-state index contributed by atoms with van der Waals surface area (Å²) < 4.78 is 15.1. The van der Waals surface area contributed by atoms with Crippen LogP contribution in [-0.2, 0) is 4.74 Å². The molecule has 1 aliphatic rings. The minimum absolute atomic E-state index is 0.271. The summed E-state index contributed by atoms with van der Waals surface area (Å²) >= 11 is 1.35. The maximum Gasteiger partial charge on any atom is 0.197 e. The molecule has 3 N–H and O–H groups in total. The topological polar surface area (TPSA) is 69.4 Å². The average Bonchev–Trinajstić information content (AvgIpc) is 2.90. The Morgan fingerprint density at radius 2 is 2.35 bits per heavy atom. The first-order chi connectivity index (χ1) is 8.26. The first-order valence-corrected chi connectivity index (χ1v) is 6.70. The van der Waals surface area contributed by atoms with Gasteiger partial charge >= 0.3 is 0 Å². The fourth-order valence-electron chi connectivity index (χ4n) is 2.21. The minimum atomic E-state index is 0.271. The molecule has 17 heavy (non-hydrogen) atoms. The van der Waals surface area contributed by atoms with Crippen molar-refractivity contribution in [3.05, 3.63) is 0 Å². The molecule has 6 heteroatoms. The Morgan fingerprint density at radius 1 is 1.53 bits per heavy atom. The molecule has 0 aliphatic heterocycles. The molecule has 2 unspecified atom stereocenters. The van der Waals surface area contributed by atoms with Gasteiger partial charge in [0.1, 0.15) is 0 Å². The third-order valence-corrected chi connectivity index (χ3v) is 3.81. The van der Waals surface area contributed by atoms with Gasteiger partial charge < -0.3 is 20.5 Å². The Kier molecular flexibility index (Phi) is 4.06. The first kappa shape index (κ1) is 12.4. The number of nitrogens with zero attached hydrogens (tertiary/aromatic N) is 1. The molecule has 0 radical (unpaired) electrons. The van der Waals surface area contributed by atoms with Crippen LogP contribution >= 0.6 is 11.5 Å². The van der Waals surface area contributed by atoms with E-state index in [4.69, 9.17) is 15.2 Å². The molecular formula is C11H19N3O2S. The standard InChI is InChI=1S/C11H19N3O2S/c1-3-16-9-10(12)14-17-11(9)13-7-5-4-6-8(7)15-2/h7-8,13H,3-6H2,1-2H3,(H2,12,14). The van der Waals surface area contributed by atoms with E-state index in [0.717, 1.165) is 17.8 Å². The van der Waals surface area contributed by atoms with E-state index in [1.54, 1.807) is 7.11 Å². The van der Waals surface area contributed by atoms with Gasteiger partial charge in [-0.25, -0.2) is 0 Å². The number of aromatic nitrogens is 1. The molecule has 1 aliphatic carbocycles. The second kappa shape index (κ2) is 5.55. The van der Waals surface area contributed by atoms with E-state index in [1.165, 1.54) is 18.0 Å². The maximum absolute atomic E-state index is 5.77. The Labute approximate surface area is 105 Å². The molecule has 2 rings (SSSR count). The van der Waals surface area contributed by atoms with Crippen LogP contribution in [0.15, 0.2) is 0 Å². The van der Waals surface area contributed by atoms with Crippen LogP contribution in [0, 0.1) is 0 Å². The Hall–Kier alpha value is -1.01. The van der Waals surface area contributed by atoms with Gasteiger partial charge in [0, 0.05) is 7.11 Å². The van der Waals surface area contributed by atoms with Gasteiger partial charge in [-0.2, -0.15) is 4.37 Å². The number of methoxy groups -OCH3 is 1. The number of hydrogen-bond acceptors (Lipinski definition) is 6. The Morgan fingerprint density at radius 3 is 3.06 bits per heavy atom. The average molecular weight is 257 g/mol. The normalized spacial score (nSPS) is 23.9. The van der Waals surface area contributed by atoms with Crippen molar-refractivity contribution in [3.8, 4) is 5.75 Å². The highest BCUT2D eigenvalue weighted by molar-refractivity contribution is 7.11. The van der Waals surface area contributed by atoms with E-state index in [-0.39, 0.29) is 6.10 Å². The van der Waals surface area contributed by atoms with Crippen molar-refractivity contribution in [2.24, 2.45) is 0 Å². The fourth-order valence-corrected chi connectivity index (χ4v) is 2.93. The van der Waals surface area contributed by atoms with Crippen LogP contribution in [-0.4, -0.2) is 30.2 Å². The van der Waals surface area contributed by atoms with Gasteiger partial charge in [-0.1, -0.05) is 0 Å². The number of ether oxygens (including phenoxy) is 2. The number of nitrogens with one attached hydrogen (secondary N) is 1. The summed E-state index contributed by atoms with van der Waals surface area (Å²) in [6.45, 7) is 2.53. The predicted molar refractivity (Wildman–Crippen MR) is 69.8 cm³/mol. The van der Waals surface area contributed by atoms with Gasteiger partial charge in [0.05, 0.1) is 18.8 Å². The molecular weight excluding hydrogens is 238 g/mol. The Bertz CT molecular complexity index is 370. The number of rotatable bonds is 5. The lowest BCUT2D eigenvalue weighted by molar-refractivity contribution is 0.101. The molecule has 0 spiro atoms. The zero-order chi connectivity index (χ0) is 12.3. The summed E-state index contributed by atoms with van der Waals surface area (Å²) in [6.07, 6.45) is 3.68. The second-order valence-corrected chi connectivity index (χ2v) is 4.89. The summed E-state index contributed by atoms with van der Waals surface area (Å²) in [5, 5.41) is 4.36. The zero-order valence-electron chi connectivity index (χ0n) is 10.2. The van der Waals surface area contributed by atoms with E-state index in [0.29, 0.717) is 24.2 Å². The second-order valence-electron chi connectivity index (χ2n) is 4.11. The van der Waals surface area contributed by atoms with Crippen LogP contribution in [0.4, 0.5) is 10.8 Å². The monoisotopic (exact) mass is 257 g/mol. The largest absolute Gasteiger partial charge is 0.487 e. The van der Waals surface area contributed by atoms with Crippen molar-refractivity contribution in [2.75, 3.05) is 24.8 Å². The fraction of sp³-hybridized carbons (Fsp3) is 0.727. The summed E-state index contributed by atoms with van der Waals surface area (Å²) in [6, 6.07) is 0.332. The zero-order valence-corrected chi connectivity index (χ0v) is 11.0. The van der Waals surface area contributed by atoms with Gasteiger partial charge in [0.25, 0.3) is 0 Å². The molecule has 0 saturated heterocycles. The van der Waals surface area contributed by atoms with Crippen molar-refractivity contribution in [3.63, 3.8) is 0 Å². The van der Waals surface area contributed by atoms with Crippen LogP contribution in [0.1, 0.15) is 26.2 Å². The summed E-state index contributed by atoms with van der Waals surface area (Å²) in [4.78, 5) is 0. The van der Waals surface area contributed by atoms with Gasteiger partial charge in [-0.15, -0.1) is 0 Å². The van der Waals surface area contributed by atoms with Gasteiger partial charge in [0.2, 0.25) is 0 Å². The number of hydrogen-bond donors (Lipinski definition) is 2. The molecule has 1 aromatic heterocycles. The molecule has 0 aromatic carbocycles.